The number of carbonyl (C=O) groups excluding carboxylic acids is 3. The number of rotatable bonds is 4. The van der Waals surface area contributed by atoms with Crippen LogP contribution in [0.3, 0.4) is 0 Å². The van der Waals surface area contributed by atoms with Crippen molar-refractivity contribution in [1.29, 1.82) is 0 Å². The minimum absolute atomic E-state index is 0.0707. The Kier molecular flexibility index (Phi) is 4.11. The first kappa shape index (κ1) is 13.5. The highest BCUT2D eigenvalue weighted by Gasteiger charge is 2.19. The minimum Gasteiger partial charge on any atom is -0.299 e. The van der Waals surface area contributed by atoms with E-state index in [1.54, 1.807) is 14.0 Å². The molecule has 1 amide bonds. The van der Waals surface area contributed by atoms with E-state index < -0.39 is 0 Å². The van der Waals surface area contributed by atoms with Gasteiger partial charge < -0.3 is 0 Å². The van der Waals surface area contributed by atoms with E-state index in [2.05, 4.69) is 4.98 Å². The molecule has 1 rings (SSSR count). The molecule has 0 saturated carbocycles. The molecule has 0 spiro atoms. The van der Waals surface area contributed by atoms with Crippen molar-refractivity contribution in [1.82, 2.24) is 4.98 Å². The van der Waals surface area contributed by atoms with Gasteiger partial charge in [0.2, 0.25) is 5.91 Å². The largest absolute Gasteiger partial charge is 0.299 e. The van der Waals surface area contributed by atoms with E-state index in [-0.39, 0.29) is 23.9 Å². The van der Waals surface area contributed by atoms with Crippen LogP contribution in [0.1, 0.15) is 35.6 Å². The maximum Gasteiger partial charge on any atom is 0.235 e. The number of ketones is 2. The highest BCUT2D eigenvalue weighted by molar-refractivity contribution is 7.17. The van der Waals surface area contributed by atoms with Crippen molar-refractivity contribution in [2.75, 3.05) is 11.9 Å². The summed E-state index contributed by atoms with van der Waals surface area (Å²) < 4.78 is 0. The molecule has 1 aromatic heterocycles. The van der Waals surface area contributed by atoms with Crippen LogP contribution in [0.4, 0.5) is 5.13 Å². The molecule has 0 atom stereocenters. The van der Waals surface area contributed by atoms with Gasteiger partial charge >= 0.3 is 0 Å². The number of hydrogen-bond donors (Lipinski definition) is 0. The Labute approximate surface area is 103 Å². The van der Waals surface area contributed by atoms with Crippen LogP contribution >= 0.6 is 11.3 Å². The summed E-state index contributed by atoms with van der Waals surface area (Å²) >= 11 is 1.16. The van der Waals surface area contributed by atoms with Crippen LogP contribution in [0.5, 0.6) is 0 Å². The SMILES string of the molecule is CC(=O)CC(=O)N(C)c1nc(C)c(C(C)=O)s1. The number of anilines is 1. The zero-order valence-electron chi connectivity index (χ0n) is 10.2. The van der Waals surface area contributed by atoms with Gasteiger partial charge in [0, 0.05) is 14.0 Å². The van der Waals surface area contributed by atoms with Gasteiger partial charge in [0.05, 0.1) is 17.0 Å². The van der Waals surface area contributed by atoms with Crippen LogP contribution in [0.15, 0.2) is 0 Å². The second-order valence-electron chi connectivity index (χ2n) is 3.80. The van der Waals surface area contributed by atoms with E-state index in [1.807, 2.05) is 0 Å². The summed E-state index contributed by atoms with van der Waals surface area (Å²) in [7, 11) is 1.55. The van der Waals surface area contributed by atoms with Gasteiger partial charge in [-0.3, -0.25) is 19.3 Å². The van der Waals surface area contributed by atoms with Gasteiger partial charge in [-0.25, -0.2) is 4.98 Å². The summed E-state index contributed by atoms with van der Waals surface area (Å²) in [4.78, 5) is 39.8. The van der Waals surface area contributed by atoms with Crippen molar-refractivity contribution in [2.45, 2.75) is 27.2 Å². The Hall–Kier alpha value is -1.56. The number of carbonyl (C=O) groups is 3. The van der Waals surface area contributed by atoms with Crippen LogP contribution in [-0.4, -0.2) is 29.5 Å². The number of aryl methyl sites for hydroxylation is 1. The van der Waals surface area contributed by atoms with Gasteiger partial charge in [-0.1, -0.05) is 11.3 Å². The first-order valence-electron chi connectivity index (χ1n) is 5.07. The van der Waals surface area contributed by atoms with Gasteiger partial charge in [0.25, 0.3) is 0 Å². The lowest BCUT2D eigenvalue weighted by molar-refractivity contribution is -0.125. The van der Waals surface area contributed by atoms with Gasteiger partial charge in [0.1, 0.15) is 5.78 Å². The summed E-state index contributed by atoms with van der Waals surface area (Å²) in [5.41, 5.74) is 0.611. The molecule has 0 aliphatic heterocycles. The molecule has 0 saturated heterocycles. The topological polar surface area (TPSA) is 67.3 Å². The van der Waals surface area contributed by atoms with Crippen molar-refractivity contribution in [2.24, 2.45) is 0 Å². The van der Waals surface area contributed by atoms with E-state index in [0.717, 1.165) is 11.3 Å². The highest BCUT2D eigenvalue weighted by atomic mass is 32.1. The van der Waals surface area contributed by atoms with E-state index in [1.165, 1.54) is 18.7 Å². The molecular formula is C11H14N2O3S. The Bertz CT molecular complexity index is 479. The third-order valence-corrected chi connectivity index (χ3v) is 3.50. The molecule has 5 nitrogen and oxygen atoms in total. The quantitative estimate of drug-likeness (QED) is 0.604. The summed E-state index contributed by atoms with van der Waals surface area (Å²) in [5.74, 6) is -0.582. The second kappa shape index (κ2) is 5.18. The normalized spacial score (nSPS) is 10.1. The first-order valence-corrected chi connectivity index (χ1v) is 5.89. The zero-order valence-corrected chi connectivity index (χ0v) is 11.1. The smallest absolute Gasteiger partial charge is 0.235 e. The van der Waals surface area contributed by atoms with Gasteiger partial charge in [0.15, 0.2) is 10.9 Å². The molecule has 0 aliphatic rings. The third kappa shape index (κ3) is 3.20. The molecule has 1 aromatic rings. The van der Waals surface area contributed by atoms with Crippen LogP contribution < -0.4 is 4.90 Å². The molecule has 0 bridgehead atoms. The van der Waals surface area contributed by atoms with Crippen molar-refractivity contribution < 1.29 is 14.4 Å². The Morgan fingerprint density at radius 1 is 1.29 bits per heavy atom. The Morgan fingerprint density at radius 3 is 2.29 bits per heavy atom. The van der Waals surface area contributed by atoms with E-state index in [0.29, 0.717) is 15.7 Å². The fourth-order valence-electron chi connectivity index (χ4n) is 1.29. The molecule has 0 unspecified atom stereocenters. The van der Waals surface area contributed by atoms with Gasteiger partial charge in [-0.15, -0.1) is 0 Å². The number of amides is 1. The average molecular weight is 254 g/mol. The lowest BCUT2D eigenvalue weighted by Gasteiger charge is -2.12. The van der Waals surface area contributed by atoms with Crippen molar-refractivity contribution in [3.8, 4) is 0 Å². The Morgan fingerprint density at radius 2 is 1.88 bits per heavy atom. The van der Waals surface area contributed by atoms with Crippen LogP contribution in [0.2, 0.25) is 0 Å². The Balaban J connectivity index is 2.93. The van der Waals surface area contributed by atoms with Crippen molar-refractivity contribution >= 4 is 33.9 Å². The molecular weight excluding hydrogens is 240 g/mol. The fraction of sp³-hybridized carbons (Fsp3) is 0.455. The number of Topliss-reactive ketones (excluding diaryl/α,β-unsaturated/α-hetero) is 2. The fourth-order valence-corrected chi connectivity index (χ4v) is 2.23. The molecule has 17 heavy (non-hydrogen) atoms. The second-order valence-corrected chi connectivity index (χ2v) is 4.78. The number of aromatic nitrogens is 1. The number of nitrogens with zero attached hydrogens (tertiary/aromatic N) is 2. The van der Waals surface area contributed by atoms with Gasteiger partial charge in [-0.2, -0.15) is 0 Å². The lowest BCUT2D eigenvalue weighted by atomic mass is 10.3. The number of thiazole rings is 1. The summed E-state index contributed by atoms with van der Waals surface area (Å²) in [6.45, 7) is 4.54. The zero-order chi connectivity index (χ0) is 13.2. The molecule has 1 heterocycles. The first-order chi connectivity index (χ1) is 7.82. The predicted molar refractivity (Wildman–Crippen MR) is 65.6 cm³/mol. The molecule has 0 radical (unpaired) electrons. The van der Waals surface area contributed by atoms with E-state index >= 15 is 0 Å². The predicted octanol–water partition coefficient (Wildman–Crippen LogP) is 1.60. The lowest BCUT2D eigenvalue weighted by Crippen LogP contribution is -2.27. The molecule has 0 aliphatic carbocycles. The summed E-state index contributed by atoms with van der Waals surface area (Å²) in [6, 6.07) is 0. The highest BCUT2D eigenvalue weighted by Crippen LogP contribution is 2.25. The molecule has 0 aromatic carbocycles. The molecule has 0 N–H and O–H groups in total. The number of hydrogen-bond acceptors (Lipinski definition) is 5. The summed E-state index contributed by atoms with van der Waals surface area (Å²) in [6.07, 6.45) is -0.148. The van der Waals surface area contributed by atoms with E-state index in [9.17, 15) is 14.4 Å². The standard InChI is InChI=1S/C11H14N2O3S/c1-6(14)5-9(16)13(4)11-12-7(2)10(17-11)8(3)15/h5H2,1-4H3. The van der Waals surface area contributed by atoms with Crippen LogP contribution in [0.25, 0.3) is 0 Å². The average Bonchev–Trinajstić information content (AvgIpc) is 2.58. The summed E-state index contributed by atoms with van der Waals surface area (Å²) in [5, 5.41) is 0.443. The monoisotopic (exact) mass is 254 g/mol. The third-order valence-electron chi connectivity index (χ3n) is 2.17. The maximum absolute atomic E-state index is 11.6. The minimum atomic E-state index is -0.318. The van der Waals surface area contributed by atoms with Gasteiger partial charge in [-0.05, 0) is 13.8 Å². The molecule has 0 fully saturated rings. The van der Waals surface area contributed by atoms with E-state index in [4.69, 9.17) is 0 Å². The molecule has 92 valence electrons. The molecule has 6 heteroatoms. The van der Waals surface area contributed by atoms with Crippen molar-refractivity contribution in [3.05, 3.63) is 10.6 Å². The maximum atomic E-state index is 11.6. The van der Waals surface area contributed by atoms with Crippen LogP contribution in [-0.2, 0) is 9.59 Å². The van der Waals surface area contributed by atoms with Crippen molar-refractivity contribution in [3.63, 3.8) is 0 Å². The van der Waals surface area contributed by atoms with Crippen LogP contribution in [0, 0.1) is 6.92 Å².